The summed E-state index contributed by atoms with van der Waals surface area (Å²) < 4.78 is 12.3. The van der Waals surface area contributed by atoms with Crippen LogP contribution >= 0.6 is 0 Å². The number of fused-ring (bicyclic) bond motifs is 22. The van der Waals surface area contributed by atoms with Crippen LogP contribution in [0.3, 0.4) is 0 Å². The lowest BCUT2D eigenvalue weighted by molar-refractivity contribution is -0.382. The second-order valence-electron chi connectivity index (χ2n) is 12.3. The summed E-state index contributed by atoms with van der Waals surface area (Å²) in [6, 6.07) is 0. The molecule has 14 atom stereocenters. The molecule has 0 N–H and O–H groups in total. The molecule has 146 valence electrons. The van der Waals surface area contributed by atoms with Gasteiger partial charge in [-0.1, -0.05) is 26.0 Å². The van der Waals surface area contributed by atoms with Crippen LogP contribution < -0.4 is 0 Å². The Labute approximate surface area is 163 Å². The zero-order chi connectivity index (χ0) is 18.1. The number of ether oxygens (including phenoxy) is 2. The zero-order valence-electron chi connectivity index (χ0n) is 17.2. The molecule has 0 heterocycles. The Kier molecular flexibility index (Phi) is 2.36. The molecule has 7 fully saturated rings. The van der Waals surface area contributed by atoms with Crippen LogP contribution in [0.5, 0.6) is 0 Å². The highest BCUT2D eigenvalue weighted by atomic mass is 16.7. The first-order valence-electron chi connectivity index (χ1n) is 11.8. The van der Waals surface area contributed by atoms with Gasteiger partial charge in [0.25, 0.3) is 0 Å². The SMILES string of the molecule is COC1(OC)[C@@H]2C=C[C@H]1[C@H]1[C@H]3C[C@@H]([C@H]12)[C@H]1[C@@H]3[C@]2(C)[C@H]3[C@@H]4CC[C@@H](C4)[C@H]3[C@]12C. The van der Waals surface area contributed by atoms with Crippen LogP contribution in [-0.2, 0) is 9.47 Å². The van der Waals surface area contributed by atoms with E-state index < -0.39 is 0 Å². The molecule has 8 rings (SSSR count). The van der Waals surface area contributed by atoms with Crippen molar-refractivity contribution in [2.75, 3.05) is 14.2 Å². The summed E-state index contributed by atoms with van der Waals surface area (Å²) in [6.07, 6.45) is 11.2. The standard InChI is InChI=1S/C25H34O2/c1-23-19-11-5-6-12(9-11)20(19)24(23,2)22-14-10-13(21(22)23)17-15-7-8-16(18(14)17)25(15,26-3)27-4/h7-8,11-22H,5-6,9-10H2,1-4H3/t11-,12+,13-,14+,15+,16-,17-,18+,19+,20-,21-,22+,23+,24-. The molecule has 27 heavy (non-hydrogen) atoms. The topological polar surface area (TPSA) is 18.5 Å². The Morgan fingerprint density at radius 1 is 0.704 bits per heavy atom. The van der Waals surface area contributed by atoms with Crippen LogP contribution in [0, 0.1) is 81.8 Å². The van der Waals surface area contributed by atoms with Crippen molar-refractivity contribution < 1.29 is 9.47 Å². The average Bonchev–Trinajstić information content (AvgIpc) is 3.50. The molecular weight excluding hydrogens is 332 g/mol. The molecule has 7 saturated carbocycles. The van der Waals surface area contributed by atoms with Crippen molar-refractivity contribution in [3.8, 4) is 0 Å². The van der Waals surface area contributed by atoms with Crippen molar-refractivity contribution in [2.45, 2.75) is 45.3 Å². The highest BCUT2D eigenvalue weighted by Gasteiger charge is 2.91. The highest BCUT2D eigenvalue weighted by molar-refractivity contribution is 5.39. The largest absolute Gasteiger partial charge is 0.352 e. The second kappa shape index (κ2) is 4.10. The fraction of sp³-hybridized carbons (Fsp3) is 0.920. The summed E-state index contributed by atoms with van der Waals surface area (Å²) >= 11 is 0. The normalized spacial score (nSPS) is 71.9. The van der Waals surface area contributed by atoms with Gasteiger partial charge in [-0.15, -0.1) is 0 Å². The lowest BCUT2D eigenvalue weighted by Crippen LogP contribution is -2.81. The lowest BCUT2D eigenvalue weighted by atomic mass is 9.19. The summed E-state index contributed by atoms with van der Waals surface area (Å²) in [5.74, 6) is 10.6. The van der Waals surface area contributed by atoms with Gasteiger partial charge in [0, 0.05) is 26.1 Å². The number of rotatable bonds is 2. The third kappa shape index (κ3) is 1.13. The lowest BCUT2D eigenvalue weighted by Gasteiger charge is -2.85. The molecule has 0 aromatic heterocycles. The van der Waals surface area contributed by atoms with Gasteiger partial charge in [-0.25, -0.2) is 0 Å². The summed E-state index contributed by atoms with van der Waals surface area (Å²) in [4.78, 5) is 0. The summed E-state index contributed by atoms with van der Waals surface area (Å²) in [6.45, 7) is 5.52. The Balaban J connectivity index is 1.24. The molecule has 0 radical (unpaired) electrons. The minimum absolute atomic E-state index is 0.341. The molecule has 0 saturated heterocycles. The van der Waals surface area contributed by atoms with Crippen LogP contribution in [0.2, 0.25) is 0 Å². The van der Waals surface area contributed by atoms with Crippen LogP contribution in [0.4, 0.5) is 0 Å². The van der Waals surface area contributed by atoms with E-state index in [9.17, 15) is 0 Å². The fourth-order valence-electron chi connectivity index (χ4n) is 13.0. The Morgan fingerprint density at radius 3 is 1.63 bits per heavy atom. The van der Waals surface area contributed by atoms with Crippen molar-refractivity contribution in [3.63, 3.8) is 0 Å². The second-order valence-corrected chi connectivity index (χ2v) is 12.3. The molecule has 0 aromatic rings. The first kappa shape index (κ1) is 15.5. The van der Waals surface area contributed by atoms with Gasteiger partial charge in [-0.05, 0) is 95.7 Å². The third-order valence-electron chi connectivity index (χ3n) is 13.1. The predicted molar refractivity (Wildman–Crippen MR) is 102 cm³/mol. The van der Waals surface area contributed by atoms with Gasteiger partial charge in [0.1, 0.15) is 0 Å². The highest BCUT2D eigenvalue weighted by Crippen LogP contribution is 2.94. The van der Waals surface area contributed by atoms with Crippen molar-refractivity contribution in [3.05, 3.63) is 12.2 Å². The maximum atomic E-state index is 6.14. The van der Waals surface area contributed by atoms with Crippen LogP contribution in [0.1, 0.15) is 39.5 Å². The molecule has 0 aromatic carbocycles. The van der Waals surface area contributed by atoms with E-state index in [1.807, 2.05) is 14.2 Å². The van der Waals surface area contributed by atoms with E-state index in [0.29, 0.717) is 22.7 Å². The maximum absolute atomic E-state index is 6.14. The van der Waals surface area contributed by atoms with Gasteiger partial charge < -0.3 is 9.47 Å². The predicted octanol–water partition coefficient (Wildman–Crippen LogP) is 4.61. The monoisotopic (exact) mass is 366 g/mol. The van der Waals surface area contributed by atoms with Gasteiger partial charge in [-0.3, -0.25) is 0 Å². The van der Waals surface area contributed by atoms with Crippen molar-refractivity contribution in [1.82, 2.24) is 0 Å². The van der Waals surface area contributed by atoms with E-state index in [-0.39, 0.29) is 5.79 Å². The fourth-order valence-corrected chi connectivity index (χ4v) is 13.0. The number of hydrogen-bond donors (Lipinski definition) is 0. The van der Waals surface area contributed by atoms with Gasteiger partial charge >= 0.3 is 0 Å². The molecule has 0 aliphatic heterocycles. The molecular formula is C25H34O2. The van der Waals surface area contributed by atoms with Crippen LogP contribution in [0.25, 0.3) is 0 Å². The molecule has 0 spiro atoms. The Bertz CT molecular complexity index is 725. The summed E-state index contributed by atoms with van der Waals surface area (Å²) in [5, 5.41) is 0. The number of hydrogen-bond acceptors (Lipinski definition) is 2. The smallest absolute Gasteiger partial charge is 0.180 e. The van der Waals surface area contributed by atoms with Gasteiger partial charge in [-0.2, -0.15) is 0 Å². The summed E-state index contributed by atoms with van der Waals surface area (Å²) in [5.41, 5.74) is 1.34. The van der Waals surface area contributed by atoms with Crippen molar-refractivity contribution >= 4 is 0 Å². The molecule has 6 bridgehead atoms. The summed E-state index contributed by atoms with van der Waals surface area (Å²) in [7, 11) is 3.78. The van der Waals surface area contributed by atoms with Gasteiger partial charge in [0.2, 0.25) is 0 Å². The van der Waals surface area contributed by atoms with Gasteiger partial charge in [0.05, 0.1) is 0 Å². The Hall–Kier alpha value is -0.340. The third-order valence-corrected chi connectivity index (χ3v) is 13.1. The van der Waals surface area contributed by atoms with E-state index in [4.69, 9.17) is 9.47 Å². The molecule has 0 amide bonds. The maximum Gasteiger partial charge on any atom is 0.180 e. The van der Waals surface area contributed by atoms with Crippen molar-refractivity contribution in [2.24, 2.45) is 81.8 Å². The molecule has 2 nitrogen and oxygen atoms in total. The number of methoxy groups -OCH3 is 2. The van der Waals surface area contributed by atoms with E-state index in [0.717, 1.165) is 59.2 Å². The molecule has 8 aliphatic carbocycles. The van der Waals surface area contributed by atoms with E-state index >= 15 is 0 Å². The van der Waals surface area contributed by atoms with Crippen LogP contribution in [0.15, 0.2) is 12.2 Å². The van der Waals surface area contributed by atoms with E-state index in [1.165, 1.54) is 6.42 Å². The zero-order valence-corrected chi connectivity index (χ0v) is 17.2. The molecule has 0 unspecified atom stereocenters. The first-order valence-corrected chi connectivity index (χ1v) is 11.8. The molecule has 8 aliphatic rings. The van der Waals surface area contributed by atoms with Crippen LogP contribution in [-0.4, -0.2) is 20.0 Å². The Morgan fingerprint density at radius 2 is 1.19 bits per heavy atom. The van der Waals surface area contributed by atoms with E-state index in [1.54, 1.807) is 19.3 Å². The quantitative estimate of drug-likeness (QED) is 0.404. The van der Waals surface area contributed by atoms with E-state index in [2.05, 4.69) is 26.0 Å². The molecule has 2 heteroatoms. The average molecular weight is 367 g/mol. The first-order chi connectivity index (χ1) is 13.0. The van der Waals surface area contributed by atoms with Crippen molar-refractivity contribution in [1.29, 1.82) is 0 Å². The minimum Gasteiger partial charge on any atom is -0.352 e. The van der Waals surface area contributed by atoms with Gasteiger partial charge in [0.15, 0.2) is 5.79 Å². The minimum atomic E-state index is -0.341.